The van der Waals surface area contributed by atoms with Crippen molar-refractivity contribution in [1.29, 1.82) is 0 Å². The molecule has 2 bridgehead atoms. The van der Waals surface area contributed by atoms with E-state index in [1.54, 1.807) is 28.6 Å². The van der Waals surface area contributed by atoms with Gasteiger partial charge in [-0.1, -0.05) is 18.2 Å². The maximum absolute atomic E-state index is 12.9. The molecule has 2 atom stereocenters. The molecular weight excluding hydrogens is 284 g/mol. The van der Waals surface area contributed by atoms with Crippen LogP contribution in [0.1, 0.15) is 33.6 Å². The SMILES string of the molecule is CC(C)(C)N1CC2CCC(C1)N2S(=O)(=O)c1ccccc1. The second-order valence-corrected chi connectivity index (χ2v) is 8.95. The van der Waals surface area contributed by atoms with Gasteiger partial charge < -0.3 is 0 Å². The van der Waals surface area contributed by atoms with Crippen LogP contribution < -0.4 is 0 Å². The van der Waals surface area contributed by atoms with Crippen LogP contribution in [0.4, 0.5) is 0 Å². The van der Waals surface area contributed by atoms with E-state index < -0.39 is 10.0 Å². The molecular formula is C16H24N2O2S. The van der Waals surface area contributed by atoms with Gasteiger partial charge in [0.2, 0.25) is 10.0 Å². The average molecular weight is 308 g/mol. The number of sulfonamides is 1. The first-order valence-electron chi connectivity index (χ1n) is 7.64. The van der Waals surface area contributed by atoms with Crippen LogP contribution in [0.25, 0.3) is 0 Å². The third-order valence-electron chi connectivity index (χ3n) is 4.68. The largest absolute Gasteiger partial charge is 0.295 e. The normalized spacial score (nSPS) is 28.0. The van der Waals surface area contributed by atoms with Crippen molar-refractivity contribution in [2.45, 2.75) is 56.1 Å². The third kappa shape index (κ3) is 2.62. The van der Waals surface area contributed by atoms with Gasteiger partial charge in [0, 0.05) is 30.7 Å². The smallest absolute Gasteiger partial charge is 0.243 e. The molecule has 2 aliphatic heterocycles. The van der Waals surface area contributed by atoms with Crippen molar-refractivity contribution < 1.29 is 8.42 Å². The van der Waals surface area contributed by atoms with Gasteiger partial charge in [0.05, 0.1) is 4.90 Å². The molecule has 0 radical (unpaired) electrons. The Morgan fingerprint density at radius 1 is 1.00 bits per heavy atom. The molecule has 1 aromatic carbocycles. The molecule has 0 aliphatic carbocycles. The third-order valence-corrected chi connectivity index (χ3v) is 6.70. The van der Waals surface area contributed by atoms with Gasteiger partial charge in [-0.15, -0.1) is 0 Å². The first kappa shape index (κ1) is 15.0. The Hall–Kier alpha value is -0.910. The summed E-state index contributed by atoms with van der Waals surface area (Å²) in [6, 6.07) is 9.07. The van der Waals surface area contributed by atoms with Crippen LogP contribution in [0.3, 0.4) is 0 Å². The molecule has 4 nitrogen and oxygen atoms in total. The van der Waals surface area contributed by atoms with E-state index in [4.69, 9.17) is 0 Å². The number of hydrogen-bond acceptors (Lipinski definition) is 3. The predicted octanol–water partition coefficient (Wildman–Crippen LogP) is 2.32. The number of fused-ring (bicyclic) bond motifs is 2. The minimum absolute atomic E-state index is 0.101. The molecule has 2 fully saturated rings. The van der Waals surface area contributed by atoms with E-state index in [1.165, 1.54) is 0 Å². The van der Waals surface area contributed by atoms with Gasteiger partial charge in [0.1, 0.15) is 0 Å². The molecule has 2 unspecified atom stereocenters. The standard InChI is InChI=1S/C16H24N2O2S/c1-16(2,3)17-11-13-9-10-14(12-17)18(13)21(19,20)15-7-5-4-6-8-15/h4-8,13-14H,9-12H2,1-3H3. The molecule has 1 aromatic rings. The van der Waals surface area contributed by atoms with Crippen LogP contribution in [0.15, 0.2) is 35.2 Å². The summed E-state index contributed by atoms with van der Waals surface area (Å²) in [4.78, 5) is 2.85. The maximum atomic E-state index is 12.9. The topological polar surface area (TPSA) is 40.6 Å². The van der Waals surface area contributed by atoms with E-state index in [0.717, 1.165) is 25.9 Å². The van der Waals surface area contributed by atoms with Crippen molar-refractivity contribution >= 4 is 10.0 Å². The van der Waals surface area contributed by atoms with Crippen LogP contribution >= 0.6 is 0 Å². The highest BCUT2D eigenvalue weighted by molar-refractivity contribution is 7.89. The lowest BCUT2D eigenvalue weighted by Gasteiger charge is -2.45. The van der Waals surface area contributed by atoms with Gasteiger partial charge in [-0.25, -0.2) is 8.42 Å². The predicted molar refractivity (Wildman–Crippen MR) is 83.6 cm³/mol. The lowest BCUT2D eigenvalue weighted by atomic mass is 10.0. The van der Waals surface area contributed by atoms with Crippen molar-refractivity contribution in [1.82, 2.24) is 9.21 Å². The number of rotatable bonds is 2. The fourth-order valence-electron chi connectivity index (χ4n) is 3.52. The fraction of sp³-hybridized carbons (Fsp3) is 0.625. The highest BCUT2D eigenvalue weighted by atomic mass is 32.2. The molecule has 0 N–H and O–H groups in total. The number of hydrogen-bond donors (Lipinski definition) is 0. The number of likely N-dealkylation sites (tertiary alicyclic amines) is 1. The van der Waals surface area contributed by atoms with Gasteiger partial charge in [-0.2, -0.15) is 4.31 Å². The van der Waals surface area contributed by atoms with Crippen molar-refractivity contribution in [3.8, 4) is 0 Å². The summed E-state index contributed by atoms with van der Waals surface area (Å²) < 4.78 is 27.6. The van der Waals surface area contributed by atoms with Gasteiger partial charge in [-0.05, 0) is 45.7 Å². The lowest BCUT2D eigenvalue weighted by molar-refractivity contribution is 0.0546. The van der Waals surface area contributed by atoms with Crippen LogP contribution in [0.5, 0.6) is 0 Å². The summed E-state index contributed by atoms with van der Waals surface area (Å²) in [6.45, 7) is 8.29. The van der Waals surface area contributed by atoms with E-state index in [1.807, 2.05) is 6.07 Å². The summed E-state index contributed by atoms with van der Waals surface area (Å²) >= 11 is 0. The molecule has 0 saturated carbocycles. The van der Waals surface area contributed by atoms with Crippen molar-refractivity contribution in [2.24, 2.45) is 0 Å². The minimum Gasteiger partial charge on any atom is -0.295 e. The van der Waals surface area contributed by atoms with E-state index in [9.17, 15) is 8.42 Å². The minimum atomic E-state index is -3.36. The fourth-order valence-corrected chi connectivity index (χ4v) is 5.39. The maximum Gasteiger partial charge on any atom is 0.243 e. The van der Waals surface area contributed by atoms with Gasteiger partial charge in [0.25, 0.3) is 0 Å². The number of nitrogens with zero attached hydrogens (tertiary/aromatic N) is 2. The summed E-state index contributed by atoms with van der Waals surface area (Å²) in [5.41, 5.74) is 0.101. The van der Waals surface area contributed by atoms with Crippen LogP contribution in [-0.4, -0.2) is 48.3 Å². The average Bonchev–Trinajstić information content (AvgIpc) is 2.70. The quantitative estimate of drug-likeness (QED) is 0.842. The van der Waals surface area contributed by atoms with E-state index in [-0.39, 0.29) is 17.6 Å². The Bertz CT molecular complexity index is 593. The van der Waals surface area contributed by atoms with Gasteiger partial charge in [-0.3, -0.25) is 4.90 Å². The monoisotopic (exact) mass is 308 g/mol. The molecule has 2 saturated heterocycles. The molecule has 21 heavy (non-hydrogen) atoms. The first-order valence-corrected chi connectivity index (χ1v) is 9.08. The Kier molecular flexibility index (Phi) is 3.62. The Balaban J connectivity index is 1.89. The molecule has 0 spiro atoms. The van der Waals surface area contributed by atoms with Gasteiger partial charge in [0.15, 0.2) is 0 Å². The number of piperazine rings is 1. The molecule has 2 aliphatic rings. The molecule has 116 valence electrons. The van der Waals surface area contributed by atoms with E-state index in [0.29, 0.717) is 4.90 Å². The van der Waals surface area contributed by atoms with Crippen LogP contribution in [-0.2, 0) is 10.0 Å². The summed E-state index contributed by atoms with van der Waals surface area (Å²) in [6.07, 6.45) is 1.95. The van der Waals surface area contributed by atoms with E-state index >= 15 is 0 Å². The Morgan fingerprint density at radius 3 is 2.00 bits per heavy atom. The summed E-state index contributed by atoms with van der Waals surface area (Å²) in [7, 11) is -3.36. The van der Waals surface area contributed by atoms with Crippen LogP contribution in [0.2, 0.25) is 0 Å². The van der Waals surface area contributed by atoms with E-state index in [2.05, 4.69) is 25.7 Å². The molecule has 0 amide bonds. The molecule has 0 aromatic heterocycles. The Labute approximate surface area is 127 Å². The molecule has 2 heterocycles. The first-order chi connectivity index (χ1) is 9.80. The highest BCUT2D eigenvalue weighted by Crippen LogP contribution is 2.37. The second-order valence-electron chi connectivity index (χ2n) is 7.11. The Morgan fingerprint density at radius 2 is 1.52 bits per heavy atom. The second kappa shape index (κ2) is 5.07. The lowest BCUT2D eigenvalue weighted by Crippen LogP contribution is -2.59. The zero-order valence-electron chi connectivity index (χ0n) is 13.0. The molecule has 3 rings (SSSR count). The summed E-state index contributed by atoms with van der Waals surface area (Å²) in [5.74, 6) is 0. The van der Waals surface area contributed by atoms with Crippen LogP contribution in [0, 0.1) is 0 Å². The molecule has 5 heteroatoms. The van der Waals surface area contributed by atoms with Gasteiger partial charge >= 0.3 is 0 Å². The highest BCUT2D eigenvalue weighted by Gasteiger charge is 2.48. The summed E-state index contributed by atoms with van der Waals surface area (Å²) in [5, 5.41) is 0. The van der Waals surface area contributed by atoms with Crippen molar-refractivity contribution in [3.05, 3.63) is 30.3 Å². The number of benzene rings is 1. The van der Waals surface area contributed by atoms with Crippen molar-refractivity contribution in [2.75, 3.05) is 13.1 Å². The zero-order valence-corrected chi connectivity index (χ0v) is 13.8. The zero-order chi connectivity index (χ0) is 15.3. The van der Waals surface area contributed by atoms with Crippen molar-refractivity contribution in [3.63, 3.8) is 0 Å².